The molecule has 12 nitrogen and oxygen atoms in total. The van der Waals surface area contributed by atoms with Crippen molar-refractivity contribution in [1.29, 1.82) is 0 Å². The third kappa shape index (κ3) is 4.28. The molecule has 0 saturated carbocycles. The average molecular weight is 500 g/mol. The molecule has 2 amide bonds. The number of aliphatic carboxylic acids is 1. The van der Waals surface area contributed by atoms with Crippen LogP contribution in [0.5, 0.6) is 0 Å². The lowest BCUT2D eigenvalue weighted by atomic mass is 10.0. The van der Waals surface area contributed by atoms with Crippen LogP contribution < -0.4 is 5.32 Å². The van der Waals surface area contributed by atoms with Crippen LogP contribution in [-0.4, -0.2) is 82.5 Å². The molecule has 31 heavy (non-hydrogen) atoms. The molecule has 4 rings (SSSR count). The molecule has 4 heterocycles. The van der Waals surface area contributed by atoms with Gasteiger partial charge in [-0.1, -0.05) is 28.3 Å². The Morgan fingerprint density at radius 3 is 2.97 bits per heavy atom. The Morgan fingerprint density at radius 2 is 2.32 bits per heavy atom. The normalized spacial score (nSPS) is 20.9. The largest absolute Gasteiger partial charge is 0.477 e. The Balaban J connectivity index is 1.49. The van der Waals surface area contributed by atoms with Gasteiger partial charge in [-0.2, -0.15) is 8.75 Å². The van der Waals surface area contributed by atoms with Crippen LogP contribution in [0.2, 0.25) is 0 Å². The Kier molecular flexibility index (Phi) is 6.49. The monoisotopic (exact) mass is 499 g/mol. The summed E-state index contributed by atoms with van der Waals surface area (Å²) in [6.07, 6.45) is 1.36. The number of carbonyl (C=O) groups is 3. The van der Waals surface area contributed by atoms with Crippen LogP contribution in [-0.2, 0) is 19.2 Å². The number of thioether (sulfide) groups is 2. The molecule has 2 aliphatic rings. The predicted octanol–water partition coefficient (Wildman–Crippen LogP) is 0.271. The molecule has 162 valence electrons. The van der Waals surface area contributed by atoms with Gasteiger partial charge >= 0.3 is 5.97 Å². The van der Waals surface area contributed by atoms with Gasteiger partial charge in [-0.15, -0.1) is 22.0 Å². The number of carboxylic acid groups (broad SMARTS) is 1. The minimum absolute atomic E-state index is 0.0502. The van der Waals surface area contributed by atoms with Crippen LogP contribution in [0, 0.1) is 0 Å². The number of amides is 2. The Morgan fingerprint density at radius 1 is 1.48 bits per heavy atom. The molecule has 0 spiro atoms. The fourth-order valence-electron chi connectivity index (χ4n) is 2.94. The van der Waals surface area contributed by atoms with Gasteiger partial charge in [-0.05, 0) is 5.57 Å². The molecule has 2 N–H and O–H groups in total. The van der Waals surface area contributed by atoms with Crippen molar-refractivity contribution in [3.05, 3.63) is 28.7 Å². The standard InChI is InChI=1S/C15H13N7O5S4/c1-27-20-8(7-2-17-31-21-7)11(23)18-9-12(24)22-10(14(25)26)6(3-28-13(9)22)4-29-15-19-16-5-30-15/h2,5,9,13H,3-4H2,1H3,(H,18,23)(H,25,26)/t9?,13-/m1/s1. The lowest BCUT2D eigenvalue weighted by Crippen LogP contribution is -2.71. The summed E-state index contributed by atoms with van der Waals surface area (Å²) in [5, 5.41) is 23.1. The fraction of sp³-hybridized carbons (Fsp3) is 0.333. The number of rotatable bonds is 8. The molecule has 2 aromatic rings. The number of fused-ring (bicyclic) bond motifs is 1. The van der Waals surface area contributed by atoms with E-state index in [0.717, 1.165) is 11.7 Å². The number of hydrogen-bond donors (Lipinski definition) is 2. The molecule has 2 atom stereocenters. The van der Waals surface area contributed by atoms with Crippen LogP contribution in [0.1, 0.15) is 5.69 Å². The Labute approximate surface area is 191 Å². The minimum atomic E-state index is -1.19. The van der Waals surface area contributed by atoms with Gasteiger partial charge in [0.15, 0.2) is 10.1 Å². The molecule has 2 aliphatic heterocycles. The third-order valence-corrected chi connectivity index (χ3v) is 8.01. The first-order valence-corrected chi connectivity index (χ1v) is 12.1. The lowest BCUT2D eigenvalue weighted by molar-refractivity contribution is -0.150. The van der Waals surface area contributed by atoms with Gasteiger partial charge in [0.1, 0.15) is 35.4 Å². The molecular weight excluding hydrogens is 486 g/mol. The van der Waals surface area contributed by atoms with Crippen LogP contribution in [0.25, 0.3) is 0 Å². The van der Waals surface area contributed by atoms with Gasteiger partial charge in [-0.3, -0.25) is 14.5 Å². The maximum Gasteiger partial charge on any atom is 0.352 e. The second-order valence-corrected chi connectivity index (χ2v) is 9.74. The van der Waals surface area contributed by atoms with Gasteiger partial charge in [0.25, 0.3) is 11.8 Å². The number of carboxylic acids is 1. The third-order valence-electron chi connectivity index (χ3n) is 4.25. The Hall–Kier alpha value is -2.56. The van der Waals surface area contributed by atoms with Crippen molar-refractivity contribution in [2.75, 3.05) is 18.6 Å². The first-order chi connectivity index (χ1) is 15.0. The van der Waals surface area contributed by atoms with E-state index in [1.807, 2.05) is 0 Å². The average Bonchev–Trinajstić information content (AvgIpc) is 3.47. The van der Waals surface area contributed by atoms with E-state index in [4.69, 9.17) is 4.84 Å². The molecule has 2 aromatic heterocycles. The van der Waals surface area contributed by atoms with Crippen LogP contribution in [0.3, 0.4) is 0 Å². The summed E-state index contributed by atoms with van der Waals surface area (Å²) in [5.41, 5.74) is 2.25. The molecule has 1 unspecified atom stereocenters. The second-order valence-electron chi connectivity index (χ2n) is 6.03. The summed E-state index contributed by atoms with van der Waals surface area (Å²) in [6, 6.07) is -0.891. The molecule has 0 bridgehead atoms. The Bertz CT molecular complexity index is 1060. The van der Waals surface area contributed by atoms with Crippen molar-refractivity contribution >= 4 is 70.1 Å². The topological polar surface area (TPSA) is 160 Å². The summed E-state index contributed by atoms with van der Waals surface area (Å²) in [7, 11) is 1.28. The second kappa shape index (κ2) is 9.29. The number of hydrogen-bond acceptors (Lipinski definition) is 13. The van der Waals surface area contributed by atoms with E-state index in [1.165, 1.54) is 53.1 Å². The highest BCUT2D eigenvalue weighted by molar-refractivity contribution is 8.01. The van der Waals surface area contributed by atoms with Gasteiger partial charge in [0, 0.05) is 11.5 Å². The van der Waals surface area contributed by atoms with E-state index >= 15 is 0 Å². The van der Waals surface area contributed by atoms with Crippen molar-refractivity contribution in [3.8, 4) is 0 Å². The quantitative estimate of drug-likeness (QED) is 0.222. The van der Waals surface area contributed by atoms with Crippen molar-refractivity contribution in [2.24, 2.45) is 5.16 Å². The molecule has 1 fully saturated rings. The fourth-order valence-corrected chi connectivity index (χ4v) is 6.33. The van der Waals surface area contributed by atoms with Crippen molar-refractivity contribution in [2.45, 2.75) is 15.8 Å². The van der Waals surface area contributed by atoms with E-state index in [1.54, 1.807) is 5.51 Å². The molecule has 0 radical (unpaired) electrons. The van der Waals surface area contributed by atoms with Crippen LogP contribution in [0.4, 0.5) is 0 Å². The number of nitrogens with one attached hydrogen (secondary N) is 1. The summed E-state index contributed by atoms with van der Waals surface area (Å²) >= 11 is 5.00. The summed E-state index contributed by atoms with van der Waals surface area (Å²) < 4.78 is 8.50. The molecule has 0 aliphatic carbocycles. The first kappa shape index (κ1) is 21.7. The minimum Gasteiger partial charge on any atom is -0.477 e. The molecular formula is C15H13N7O5S4. The van der Waals surface area contributed by atoms with Gasteiger partial charge in [0.05, 0.1) is 17.9 Å². The summed E-state index contributed by atoms with van der Waals surface area (Å²) in [5.74, 6) is -1.57. The van der Waals surface area contributed by atoms with Crippen LogP contribution in [0.15, 0.2) is 32.5 Å². The highest BCUT2D eigenvalue weighted by Crippen LogP contribution is 2.41. The summed E-state index contributed by atoms with van der Waals surface area (Å²) in [6.45, 7) is 0. The lowest BCUT2D eigenvalue weighted by Gasteiger charge is -2.49. The summed E-state index contributed by atoms with van der Waals surface area (Å²) in [4.78, 5) is 43.3. The van der Waals surface area contributed by atoms with Crippen molar-refractivity contribution < 1.29 is 24.3 Å². The highest BCUT2D eigenvalue weighted by atomic mass is 32.2. The number of oxime groups is 1. The number of nitrogens with zero attached hydrogens (tertiary/aromatic N) is 6. The van der Waals surface area contributed by atoms with Crippen molar-refractivity contribution in [1.82, 2.24) is 29.2 Å². The van der Waals surface area contributed by atoms with E-state index in [9.17, 15) is 19.5 Å². The number of β-lactam (4-membered cyclic amide) rings is 1. The van der Waals surface area contributed by atoms with E-state index in [2.05, 4.69) is 29.4 Å². The highest BCUT2D eigenvalue weighted by Gasteiger charge is 2.54. The number of carbonyl (C=O) groups excluding carboxylic acids is 2. The molecule has 0 aromatic carbocycles. The van der Waals surface area contributed by atoms with Gasteiger partial charge in [0.2, 0.25) is 0 Å². The maximum atomic E-state index is 12.8. The number of aromatic nitrogens is 4. The van der Waals surface area contributed by atoms with E-state index < -0.39 is 29.2 Å². The molecule has 1 saturated heterocycles. The van der Waals surface area contributed by atoms with E-state index in [0.29, 0.717) is 21.4 Å². The van der Waals surface area contributed by atoms with E-state index in [-0.39, 0.29) is 17.1 Å². The first-order valence-electron chi connectivity index (χ1n) is 8.50. The van der Waals surface area contributed by atoms with Crippen molar-refractivity contribution in [3.63, 3.8) is 0 Å². The predicted molar refractivity (Wildman–Crippen MR) is 114 cm³/mol. The zero-order valence-electron chi connectivity index (χ0n) is 15.6. The van der Waals surface area contributed by atoms with Gasteiger partial charge < -0.3 is 15.3 Å². The van der Waals surface area contributed by atoms with Gasteiger partial charge in [-0.25, -0.2) is 4.79 Å². The smallest absolute Gasteiger partial charge is 0.352 e. The zero-order valence-corrected chi connectivity index (χ0v) is 18.9. The SMILES string of the molecule is CON=C(C(=O)NC1C(=O)N2C(C(=O)O)=C(CSc3nncs3)CS[C@H]12)c1cnsn1. The van der Waals surface area contributed by atoms with Crippen LogP contribution >= 0.6 is 46.6 Å². The zero-order chi connectivity index (χ0) is 22.0. The molecule has 16 heteroatoms. The maximum absolute atomic E-state index is 12.8.